The van der Waals surface area contributed by atoms with Crippen LogP contribution in [0.4, 0.5) is 10.1 Å². The molecule has 1 saturated heterocycles. The first-order valence-electron chi connectivity index (χ1n) is 8.40. The van der Waals surface area contributed by atoms with Crippen molar-refractivity contribution in [1.29, 1.82) is 0 Å². The maximum absolute atomic E-state index is 13.0. The molecule has 0 spiro atoms. The number of nitrogens with zero attached hydrogens (tertiary/aromatic N) is 4. The molecule has 1 aromatic heterocycles. The SMILES string of the molecule is COc1ccccc1N1CCOC1c1cn(Cc2ccc(F)cc2)nn1. The number of methoxy groups -OCH3 is 1. The van der Waals surface area contributed by atoms with Crippen LogP contribution < -0.4 is 9.64 Å². The smallest absolute Gasteiger partial charge is 0.177 e. The lowest BCUT2D eigenvalue weighted by atomic mass is 10.2. The molecule has 2 heterocycles. The Labute approximate surface area is 150 Å². The van der Waals surface area contributed by atoms with Crippen molar-refractivity contribution in [3.63, 3.8) is 0 Å². The van der Waals surface area contributed by atoms with Crippen molar-refractivity contribution in [2.24, 2.45) is 0 Å². The largest absolute Gasteiger partial charge is 0.495 e. The summed E-state index contributed by atoms with van der Waals surface area (Å²) in [6.07, 6.45) is 1.55. The standard InChI is InChI=1S/C19H19FN4O2/c1-25-18-5-3-2-4-17(18)24-10-11-26-19(24)16-13-23(22-21-16)12-14-6-8-15(20)9-7-14/h2-9,13,19H,10-12H2,1H3. The summed E-state index contributed by atoms with van der Waals surface area (Å²) in [5.41, 5.74) is 2.65. The minimum atomic E-state index is -0.312. The van der Waals surface area contributed by atoms with E-state index >= 15 is 0 Å². The summed E-state index contributed by atoms with van der Waals surface area (Å²) in [5.74, 6) is 0.543. The third-order valence-corrected chi connectivity index (χ3v) is 4.35. The first-order valence-corrected chi connectivity index (χ1v) is 8.40. The van der Waals surface area contributed by atoms with Crippen molar-refractivity contribution >= 4 is 5.69 Å². The first-order chi connectivity index (χ1) is 12.7. The summed E-state index contributed by atoms with van der Waals surface area (Å²) < 4.78 is 26.1. The first kappa shape index (κ1) is 16.5. The Morgan fingerprint density at radius 3 is 2.81 bits per heavy atom. The zero-order valence-electron chi connectivity index (χ0n) is 14.4. The maximum Gasteiger partial charge on any atom is 0.177 e. The molecule has 1 unspecified atom stereocenters. The van der Waals surface area contributed by atoms with Crippen LogP contribution in [0, 0.1) is 5.82 Å². The van der Waals surface area contributed by atoms with E-state index in [0.29, 0.717) is 13.2 Å². The molecule has 26 heavy (non-hydrogen) atoms. The van der Waals surface area contributed by atoms with Crippen molar-refractivity contribution in [3.8, 4) is 5.75 Å². The fraction of sp³-hybridized carbons (Fsp3) is 0.263. The van der Waals surface area contributed by atoms with E-state index < -0.39 is 0 Å². The lowest BCUT2D eigenvalue weighted by Crippen LogP contribution is -2.24. The number of para-hydroxylation sites is 2. The number of rotatable bonds is 5. The highest BCUT2D eigenvalue weighted by atomic mass is 19.1. The van der Waals surface area contributed by atoms with E-state index in [2.05, 4.69) is 15.2 Å². The van der Waals surface area contributed by atoms with Gasteiger partial charge in [0.15, 0.2) is 6.23 Å². The van der Waals surface area contributed by atoms with Crippen molar-refractivity contribution in [2.75, 3.05) is 25.2 Å². The third-order valence-electron chi connectivity index (χ3n) is 4.35. The van der Waals surface area contributed by atoms with Gasteiger partial charge in [0, 0.05) is 6.54 Å². The van der Waals surface area contributed by atoms with Crippen LogP contribution in [0.5, 0.6) is 5.75 Å². The molecule has 0 bridgehead atoms. The summed E-state index contributed by atoms with van der Waals surface area (Å²) in [4.78, 5) is 2.12. The number of anilines is 1. The van der Waals surface area contributed by atoms with Gasteiger partial charge in [-0.3, -0.25) is 0 Å². The molecule has 134 valence electrons. The lowest BCUT2D eigenvalue weighted by molar-refractivity contribution is 0.110. The summed E-state index contributed by atoms with van der Waals surface area (Å²) in [7, 11) is 1.66. The highest BCUT2D eigenvalue weighted by molar-refractivity contribution is 5.59. The maximum atomic E-state index is 13.0. The molecule has 6 nitrogen and oxygen atoms in total. The Morgan fingerprint density at radius 1 is 1.19 bits per heavy atom. The van der Waals surface area contributed by atoms with Crippen LogP contribution in [-0.4, -0.2) is 35.3 Å². The Kier molecular flexibility index (Phi) is 4.53. The Morgan fingerprint density at radius 2 is 2.00 bits per heavy atom. The second-order valence-corrected chi connectivity index (χ2v) is 6.06. The van der Waals surface area contributed by atoms with E-state index in [9.17, 15) is 4.39 Å². The summed E-state index contributed by atoms with van der Waals surface area (Å²) >= 11 is 0. The average molecular weight is 354 g/mol. The van der Waals surface area contributed by atoms with E-state index in [-0.39, 0.29) is 12.0 Å². The number of halogens is 1. The highest BCUT2D eigenvalue weighted by Crippen LogP contribution is 2.36. The van der Waals surface area contributed by atoms with Gasteiger partial charge in [0.05, 0.1) is 32.1 Å². The fourth-order valence-corrected chi connectivity index (χ4v) is 3.11. The zero-order valence-corrected chi connectivity index (χ0v) is 14.4. The molecule has 7 heteroatoms. The normalized spacial score (nSPS) is 16.8. The molecule has 4 rings (SSSR count). The molecular weight excluding hydrogens is 335 g/mol. The predicted molar refractivity (Wildman–Crippen MR) is 94.6 cm³/mol. The van der Waals surface area contributed by atoms with Gasteiger partial charge in [-0.25, -0.2) is 9.07 Å². The molecule has 0 saturated carbocycles. The van der Waals surface area contributed by atoms with E-state index in [1.54, 1.807) is 23.9 Å². The molecule has 0 amide bonds. The molecule has 2 aromatic carbocycles. The Hall–Kier alpha value is -2.93. The molecule has 0 radical (unpaired) electrons. The molecule has 0 aliphatic carbocycles. The number of hydrogen-bond donors (Lipinski definition) is 0. The minimum absolute atomic E-state index is 0.250. The van der Waals surface area contributed by atoms with Gasteiger partial charge in [-0.15, -0.1) is 5.10 Å². The van der Waals surface area contributed by atoms with Crippen LogP contribution in [-0.2, 0) is 11.3 Å². The Bertz CT molecular complexity index is 881. The average Bonchev–Trinajstić information content (AvgIpc) is 3.32. The van der Waals surface area contributed by atoms with Gasteiger partial charge in [-0.05, 0) is 29.8 Å². The van der Waals surface area contributed by atoms with Crippen LogP contribution in [0.15, 0.2) is 54.7 Å². The summed E-state index contributed by atoms with van der Waals surface area (Å²) in [5, 5.41) is 8.46. The number of aromatic nitrogens is 3. The lowest BCUT2D eigenvalue weighted by Gasteiger charge is -2.25. The van der Waals surface area contributed by atoms with Crippen LogP contribution >= 0.6 is 0 Å². The van der Waals surface area contributed by atoms with E-state index in [1.165, 1.54) is 12.1 Å². The van der Waals surface area contributed by atoms with Crippen LogP contribution in [0.3, 0.4) is 0 Å². The third kappa shape index (κ3) is 3.25. The molecule has 3 aromatic rings. The molecule has 1 fully saturated rings. The minimum Gasteiger partial charge on any atom is -0.495 e. The van der Waals surface area contributed by atoms with Crippen molar-refractivity contribution in [1.82, 2.24) is 15.0 Å². The fourth-order valence-electron chi connectivity index (χ4n) is 3.11. The number of benzene rings is 2. The van der Waals surface area contributed by atoms with Crippen molar-refractivity contribution in [2.45, 2.75) is 12.8 Å². The Balaban J connectivity index is 1.55. The van der Waals surface area contributed by atoms with Gasteiger partial charge in [0.1, 0.15) is 17.3 Å². The zero-order chi connectivity index (χ0) is 17.9. The summed E-state index contributed by atoms with van der Waals surface area (Å²) in [6.45, 7) is 1.87. The van der Waals surface area contributed by atoms with Gasteiger partial charge in [-0.2, -0.15) is 0 Å². The van der Waals surface area contributed by atoms with Gasteiger partial charge < -0.3 is 14.4 Å². The van der Waals surface area contributed by atoms with Crippen LogP contribution in [0.2, 0.25) is 0 Å². The van der Waals surface area contributed by atoms with Gasteiger partial charge in [-0.1, -0.05) is 29.5 Å². The number of hydrogen-bond acceptors (Lipinski definition) is 5. The monoisotopic (exact) mass is 354 g/mol. The van der Waals surface area contributed by atoms with E-state index in [4.69, 9.17) is 9.47 Å². The summed E-state index contributed by atoms with van der Waals surface area (Å²) in [6, 6.07) is 14.2. The second kappa shape index (κ2) is 7.13. The van der Waals surface area contributed by atoms with Crippen molar-refractivity contribution in [3.05, 3.63) is 71.8 Å². The predicted octanol–water partition coefficient (Wildman–Crippen LogP) is 3.01. The van der Waals surface area contributed by atoms with Crippen LogP contribution in [0.25, 0.3) is 0 Å². The van der Waals surface area contributed by atoms with Gasteiger partial charge in [0.25, 0.3) is 0 Å². The quantitative estimate of drug-likeness (QED) is 0.705. The molecular formula is C19H19FN4O2. The molecule has 1 aliphatic rings. The number of ether oxygens (including phenoxy) is 2. The second-order valence-electron chi connectivity index (χ2n) is 6.06. The molecule has 1 atom stereocenters. The van der Waals surface area contributed by atoms with Crippen LogP contribution in [0.1, 0.15) is 17.5 Å². The topological polar surface area (TPSA) is 52.4 Å². The van der Waals surface area contributed by atoms with E-state index in [0.717, 1.165) is 29.2 Å². The molecule has 1 aliphatic heterocycles. The molecule has 0 N–H and O–H groups in total. The highest BCUT2D eigenvalue weighted by Gasteiger charge is 2.31. The van der Waals surface area contributed by atoms with Gasteiger partial charge in [0.2, 0.25) is 0 Å². The van der Waals surface area contributed by atoms with Crippen molar-refractivity contribution < 1.29 is 13.9 Å². The van der Waals surface area contributed by atoms with Gasteiger partial charge >= 0.3 is 0 Å². The van der Waals surface area contributed by atoms with E-state index in [1.807, 2.05) is 30.5 Å².